The standard InChI is InChI=1S/C14H11NO3/c16-9-10-5-1-3-7-12(10)15-14(18)11-6-2-4-8-13(11)17/h1-9,17H,(H,15,18). The van der Waals surface area contributed by atoms with E-state index < -0.39 is 5.91 Å². The molecule has 0 radical (unpaired) electrons. The van der Waals surface area contributed by atoms with Crippen molar-refractivity contribution in [1.29, 1.82) is 0 Å². The Hall–Kier alpha value is -2.62. The van der Waals surface area contributed by atoms with E-state index in [1.54, 1.807) is 36.4 Å². The van der Waals surface area contributed by atoms with Crippen LogP contribution in [0.3, 0.4) is 0 Å². The highest BCUT2D eigenvalue weighted by Gasteiger charge is 2.11. The average Bonchev–Trinajstić information content (AvgIpc) is 2.39. The fraction of sp³-hybridized carbons (Fsp3) is 0. The fourth-order valence-corrected chi connectivity index (χ4v) is 1.57. The Morgan fingerprint density at radius 3 is 2.44 bits per heavy atom. The lowest BCUT2D eigenvalue weighted by Crippen LogP contribution is -2.13. The van der Waals surface area contributed by atoms with Crippen LogP contribution >= 0.6 is 0 Å². The van der Waals surface area contributed by atoms with Crippen molar-refractivity contribution in [2.75, 3.05) is 5.32 Å². The summed E-state index contributed by atoms with van der Waals surface area (Å²) in [6.07, 6.45) is 0.667. The van der Waals surface area contributed by atoms with Crippen LogP contribution in [0.5, 0.6) is 5.75 Å². The van der Waals surface area contributed by atoms with Gasteiger partial charge >= 0.3 is 0 Å². The molecule has 0 heterocycles. The highest BCUT2D eigenvalue weighted by atomic mass is 16.3. The summed E-state index contributed by atoms with van der Waals surface area (Å²) in [7, 11) is 0. The second kappa shape index (κ2) is 5.14. The molecule has 0 aliphatic heterocycles. The maximum Gasteiger partial charge on any atom is 0.259 e. The Morgan fingerprint density at radius 1 is 1.06 bits per heavy atom. The van der Waals surface area contributed by atoms with Crippen LogP contribution in [0.1, 0.15) is 20.7 Å². The molecular weight excluding hydrogens is 230 g/mol. The van der Waals surface area contributed by atoms with Crippen LogP contribution < -0.4 is 5.32 Å². The van der Waals surface area contributed by atoms with Gasteiger partial charge in [0.1, 0.15) is 5.75 Å². The van der Waals surface area contributed by atoms with E-state index in [0.29, 0.717) is 17.5 Å². The van der Waals surface area contributed by atoms with Crippen LogP contribution in [0.4, 0.5) is 5.69 Å². The molecule has 0 saturated carbocycles. The predicted octanol–water partition coefficient (Wildman–Crippen LogP) is 2.46. The first-order valence-electron chi connectivity index (χ1n) is 5.36. The summed E-state index contributed by atoms with van der Waals surface area (Å²) in [6.45, 7) is 0. The second-order valence-corrected chi connectivity index (χ2v) is 3.68. The molecule has 2 aromatic rings. The Balaban J connectivity index is 2.27. The van der Waals surface area contributed by atoms with E-state index >= 15 is 0 Å². The van der Waals surface area contributed by atoms with Crippen molar-refractivity contribution in [2.24, 2.45) is 0 Å². The van der Waals surface area contributed by atoms with Crippen LogP contribution in [0, 0.1) is 0 Å². The van der Waals surface area contributed by atoms with Crippen molar-refractivity contribution >= 4 is 17.9 Å². The highest BCUT2D eigenvalue weighted by Crippen LogP contribution is 2.19. The molecule has 0 spiro atoms. The van der Waals surface area contributed by atoms with E-state index in [1.807, 2.05) is 0 Å². The van der Waals surface area contributed by atoms with Gasteiger partial charge in [0, 0.05) is 5.56 Å². The quantitative estimate of drug-likeness (QED) is 0.811. The molecule has 0 bridgehead atoms. The Bertz CT molecular complexity index is 593. The summed E-state index contributed by atoms with van der Waals surface area (Å²) >= 11 is 0. The van der Waals surface area contributed by atoms with Crippen LogP contribution in [0.15, 0.2) is 48.5 Å². The van der Waals surface area contributed by atoms with Crippen molar-refractivity contribution in [3.63, 3.8) is 0 Å². The van der Waals surface area contributed by atoms with Crippen molar-refractivity contribution in [3.05, 3.63) is 59.7 Å². The Labute approximate surface area is 104 Å². The number of phenols is 1. The van der Waals surface area contributed by atoms with Crippen molar-refractivity contribution in [3.8, 4) is 5.75 Å². The maximum absolute atomic E-state index is 11.9. The number of aromatic hydroxyl groups is 1. The first-order valence-corrected chi connectivity index (χ1v) is 5.36. The molecule has 4 heteroatoms. The summed E-state index contributed by atoms with van der Waals surface area (Å²) in [5.41, 5.74) is 0.972. The van der Waals surface area contributed by atoms with Crippen LogP contribution in [-0.4, -0.2) is 17.3 Å². The molecule has 1 amide bonds. The molecule has 2 aromatic carbocycles. The highest BCUT2D eigenvalue weighted by molar-refractivity contribution is 6.07. The third-order valence-corrected chi connectivity index (χ3v) is 2.48. The van der Waals surface area contributed by atoms with Gasteiger partial charge in [-0.25, -0.2) is 0 Å². The zero-order chi connectivity index (χ0) is 13.0. The lowest BCUT2D eigenvalue weighted by molar-refractivity contribution is 0.102. The monoisotopic (exact) mass is 241 g/mol. The number of benzene rings is 2. The SMILES string of the molecule is O=Cc1ccccc1NC(=O)c1ccccc1O. The Kier molecular flexibility index (Phi) is 3.38. The molecule has 0 aromatic heterocycles. The van der Waals surface area contributed by atoms with Gasteiger partial charge in [0.25, 0.3) is 5.91 Å². The van der Waals surface area contributed by atoms with Gasteiger partial charge in [-0.2, -0.15) is 0 Å². The van der Waals surface area contributed by atoms with Gasteiger partial charge in [0.05, 0.1) is 11.3 Å². The number of hydrogen-bond donors (Lipinski definition) is 2. The minimum absolute atomic E-state index is 0.0985. The zero-order valence-electron chi connectivity index (χ0n) is 9.46. The number of nitrogens with one attached hydrogen (secondary N) is 1. The van der Waals surface area contributed by atoms with Gasteiger partial charge in [-0.05, 0) is 24.3 Å². The molecule has 0 atom stereocenters. The Morgan fingerprint density at radius 2 is 1.72 bits per heavy atom. The van der Waals surface area contributed by atoms with E-state index in [-0.39, 0.29) is 11.3 Å². The zero-order valence-corrected chi connectivity index (χ0v) is 9.46. The van der Waals surface area contributed by atoms with Gasteiger partial charge in [-0.1, -0.05) is 24.3 Å². The summed E-state index contributed by atoms with van der Waals surface area (Å²) in [4.78, 5) is 22.7. The van der Waals surface area contributed by atoms with Crippen LogP contribution in [0.2, 0.25) is 0 Å². The van der Waals surface area contributed by atoms with Crippen LogP contribution in [0.25, 0.3) is 0 Å². The number of hydrogen-bond acceptors (Lipinski definition) is 3. The number of carbonyl (C=O) groups excluding carboxylic acids is 2. The van der Waals surface area contributed by atoms with Gasteiger partial charge in [-0.3, -0.25) is 9.59 Å². The van der Waals surface area contributed by atoms with E-state index in [2.05, 4.69) is 5.32 Å². The van der Waals surface area contributed by atoms with Crippen molar-refractivity contribution in [2.45, 2.75) is 0 Å². The van der Waals surface area contributed by atoms with E-state index in [0.717, 1.165) is 0 Å². The molecule has 2 rings (SSSR count). The molecule has 0 fully saturated rings. The third kappa shape index (κ3) is 2.38. The van der Waals surface area contributed by atoms with Gasteiger partial charge in [0.2, 0.25) is 0 Å². The first kappa shape index (κ1) is 11.9. The van der Waals surface area contributed by atoms with Gasteiger partial charge < -0.3 is 10.4 Å². The number of phenolic OH excluding ortho intramolecular Hbond substituents is 1. The molecule has 18 heavy (non-hydrogen) atoms. The second-order valence-electron chi connectivity index (χ2n) is 3.68. The molecule has 0 aliphatic carbocycles. The number of anilines is 1. The topological polar surface area (TPSA) is 66.4 Å². The van der Waals surface area contributed by atoms with Crippen molar-refractivity contribution < 1.29 is 14.7 Å². The fourth-order valence-electron chi connectivity index (χ4n) is 1.57. The summed E-state index contributed by atoms with van der Waals surface area (Å²) < 4.78 is 0. The molecule has 0 unspecified atom stereocenters. The van der Waals surface area contributed by atoms with E-state index in [4.69, 9.17) is 0 Å². The maximum atomic E-state index is 11.9. The normalized spacial score (nSPS) is 9.78. The largest absolute Gasteiger partial charge is 0.507 e. The molecular formula is C14H11NO3. The number of rotatable bonds is 3. The van der Waals surface area contributed by atoms with Crippen molar-refractivity contribution in [1.82, 2.24) is 0 Å². The third-order valence-electron chi connectivity index (χ3n) is 2.48. The number of amides is 1. The molecule has 0 aliphatic rings. The first-order chi connectivity index (χ1) is 8.72. The lowest BCUT2D eigenvalue weighted by Gasteiger charge is -2.08. The van der Waals surface area contributed by atoms with Crippen LogP contribution in [-0.2, 0) is 0 Å². The molecule has 2 N–H and O–H groups in total. The van der Waals surface area contributed by atoms with Gasteiger partial charge in [0.15, 0.2) is 6.29 Å². The summed E-state index contributed by atoms with van der Waals surface area (Å²) in [5, 5.41) is 12.1. The smallest absolute Gasteiger partial charge is 0.259 e. The number of aldehydes is 1. The van der Waals surface area contributed by atoms with E-state index in [9.17, 15) is 14.7 Å². The average molecular weight is 241 g/mol. The minimum Gasteiger partial charge on any atom is -0.507 e. The number of carbonyl (C=O) groups is 2. The van der Waals surface area contributed by atoms with E-state index in [1.165, 1.54) is 12.1 Å². The predicted molar refractivity (Wildman–Crippen MR) is 67.9 cm³/mol. The molecule has 0 saturated heterocycles. The molecule has 90 valence electrons. The van der Waals surface area contributed by atoms with Gasteiger partial charge in [-0.15, -0.1) is 0 Å². The lowest BCUT2D eigenvalue weighted by atomic mass is 10.1. The minimum atomic E-state index is -0.456. The summed E-state index contributed by atoms with van der Waals surface area (Å²) in [5.74, 6) is -0.555. The number of para-hydroxylation sites is 2. The molecule has 4 nitrogen and oxygen atoms in total. The summed E-state index contributed by atoms with van der Waals surface area (Å²) in [6, 6.07) is 12.9.